The Bertz CT molecular complexity index is 690. The highest BCUT2D eigenvalue weighted by molar-refractivity contribution is 5.97. The zero-order valence-electron chi connectivity index (χ0n) is 16.6. The van der Waals surface area contributed by atoms with Crippen molar-refractivity contribution in [2.45, 2.75) is 81.7 Å². The average molecular weight is 425 g/mol. The third-order valence-corrected chi connectivity index (χ3v) is 5.39. The number of aliphatic carboxylic acids is 1. The van der Waals surface area contributed by atoms with Crippen molar-refractivity contribution in [2.75, 3.05) is 0 Å². The number of hydrogen-bond acceptors (Lipinski definition) is 7. The van der Waals surface area contributed by atoms with Crippen LogP contribution in [-0.4, -0.2) is 64.4 Å². The Labute approximate surface area is 174 Å². The Balaban J connectivity index is 2.01. The van der Waals surface area contributed by atoms with Gasteiger partial charge < -0.3 is 41.8 Å². The summed E-state index contributed by atoms with van der Waals surface area (Å²) in [5, 5.41) is 38.6. The molecule has 0 saturated heterocycles. The van der Waals surface area contributed by atoms with Crippen LogP contribution in [0.25, 0.3) is 0 Å². The summed E-state index contributed by atoms with van der Waals surface area (Å²) >= 11 is 0. The Morgan fingerprint density at radius 1 is 1.13 bits per heavy atom. The van der Waals surface area contributed by atoms with Crippen LogP contribution in [0, 0.1) is 0 Å². The van der Waals surface area contributed by atoms with E-state index in [1.54, 1.807) is 0 Å². The van der Waals surface area contributed by atoms with Gasteiger partial charge in [-0.05, 0) is 25.7 Å². The van der Waals surface area contributed by atoms with Gasteiger partial charge in [0.15, 0.2) is 0 Å². The highest BCUT2D eigenvalue weighted by atomic mass is 16.4. The van der Waals surface area contributed by atoms with Gasteiger partial charge in [0.25, 0.3) is 0 Å². The zero-order chi connectivity index (χ0) is 22.3. The standard InChI is InChI=1S/C19H30N4O7/c20-17(28)12(6-7-15(25)26)22-18(29)10-8-13(16(27)14(24)9-10)23-19(30)21-11-4-2-1-3-5-11/h8,11-14,16,24,27H,1-7,9H2,(H2,20,28)(H,22,29)(H,25,26)(H2,21,23,30)/p-1/t12-,13+,14+,16+/m0/s1. The lowest BCUT2D eigenvalue weighted by Crippen LogP contribution is -2.55. The maximum atomic E-state index is 12.5. The first-order chi connectivity index (χ1) is 14.2. The SMILES string of the molecule is NC(=O)[C@H](CCC(=O)[O-])NC(=O)C1=C[C@@H](NC(=O)NC2CCCCC2)[C@@H](O)[C@H](O)C1. The van der Waals surface area contributed by atoms with Crippen molar-refractivity contribution in [3.05, 3.63) is 11.6 Å². The molecule has 0 bridgehead atoms. The Morgan fingerprint density at radius 3 is 2.40 bits per heavy atom. The molecule has 0 unspecified atom stereocenters. The summed E-state index contributed by atoms with van der Waals surface area (Å²) in [6.45, 7) is 0. The molecule has 11 nitrogen and oxygen atoms in total. The van der Waals surface area contributed by atoms with E-state index in [-0.39, 0.29) is 24.5 Å². The maximum Gasteiger partial charge on any atom is 0.315 e. The Hall–Kier alpha value is -2.66. The number of hydrogen-bond donors (Lipinski definition) is 6. The molecule has 168 valence electrons. The second-order valence-corrected chi connectivity index (χ2v) is 7.77. The molecule has 0 spiro atoms. The Kier molecular flexibility index (Phi) is 8.60. The van der Waals surface area contributed by atoms with Crippen LogP contribution in [0.4, 0.5) is 4.79 Å². The van der Waals surface area contributed by atoms with E-state index in [1.807, 2.05) is 0 Å². The molecule has 0 aromatic rings. The summed E-state index contributed by atoms with van der Waals surface area (Å²) in [6, 6.07) is -2.73. The van der Waals surface area contributed by atoms with E-state index < -0.39 is 54.5 Å². The molecule has 2 rings (SSSR count). The highest BCUT2D eigenvalue weighted by Gasteiger charge is 2.34. The minimum absolute atomic E-state index is 0.0375. The summed E-state index contributed by atoms with van der Waals surface area (Å²) < 4.78 is 0. The van der Waals surface area contributed by atoms with Gasteiger partial charge in [-0.1, -0.05) is 25.3 Å². The van der Waals surface area contributed by atoms with E-state index in [2.05, 4.69) is 16.0 Å². The largest absolute Gasteiger partial charge is 0.550 e. The van der Waals surface area contributed by atoms with E-state index in [0.29, 0.717) is 0 Å². The molecule has 2 aliphatic carbocycles. The molecule has 4 atom stereocenters. The fourth-order valence-electron chi connectivity index (χ4n) is 3.69. The summed E-state index contributed by atoms with van der Waals surface area (Å²) in [5.41, 5.74) is 5.23. The second kappa shape index (κ2) is 10.9. The van der Waals surface area contributed by atoms with E-state index in [9.17, 15) is 34.5 Å². The lowest BCUT2D eigenvalue weighted by Gasteiger charge is -2.32. The molecular weight excluding hydrogens is 396 g/mol. The summed E-state index contributed by atoms with van der Waals surface area (Å²) in [4.78, 5) is 46.8. The average Bonchev–Trinajstić information content (AvgIpc) is 2.68. The van der Waals surface area contributed by atoms with Crippen LogP contribution >= 0.6 is 0 Å². The van der Waals surface area contributed by atoms with E-state index in [1.165, 1.54) is 6.08 Å². The number of aliphatic hydroxyl groups is 2. The van der Waals surface area contributed by atoms with Crippen molar-refractivity contribution in [2.24, 2.45) is 5.73 Å². The number of nitrogens with two attached hydrogens (primary N) is 1. The summed E-state index contributed by atoms with van der Waals surface area (Å²) in [7, 11) is 0. The minimum atomic E-state index is -1.39. The van der Waals surface area contributed by atoms with Crippen molar-refractivity contribution in [3.8, 4) is 0 Å². The second-order valence-electron chi connectivity index (χ2n) is 7.77. The number of rotatable bonds is 8. The van der Waals surface area contributed by atoms with Gasteiger partial charge in [-0.3, -0.25) is 9.59 Å². The number of carboxylic acids is 1. The quantitative estimate of drug-likeness (QED) is 0.248. The molecule has 4 amide bonds. The molecule has 11 heteroatoms. The third kappa shape index (κ3) is 6.99. The monoisotopic (exact) mass is 425 g/mol. The number of carbonyl (C=O) groups is 4. The van der Waals surface area contributed by atoms with Gasteiger partial charge in [-0.2, -0.15) is 0 Å². The molecule has 0 aromatic carbocycles. The lowest BCUT2D eigenvalue weighted by molar-refractivity contribution is -0.305. The van der Waals surface area contributed by atoms with Crippen LogP contribution in [0.15, 0.2) is 11.6 Å². The van der Waals surface area contributed by atoms with Crippen molar-refractivity contribution in [1.82, 2.24) is 16.0 Å². The van der Waals surface area contributed by atoms with Crippen LogP contribution in [0.1, 0.15) is 51.4 Å². The number of primary amides is 1. The predicted octanol–water partition coefficient (Wildman–Crippen LogP) is -2.46. The fourth-order valence-corrected chi connectivity index (χ4v) is 3.69. The molecule has 0 aromatic heterocycles. The normalized spacial score (nSPS) is 25.5. The van der Waals surface area contributed by atoms with Crippen molar-refractivity contribution < 1.29 is 34.5 Å². The molecule has 7 N–H and O–H groups in total. The molecule has 0 radical (unpaired) electrons. The van der Waals surface area contributed by atoms with Gasteiger partial charge in [0.1, 0.15) is 12.1 Å². The molecule has 1 fully saturated rings. The highest BCUT2D eigenvalue weighted by Crippen LogP contribution is 2.21. The maximum absolute atomic E-state index is 12.5. The first-order valence-corrected chi connectivity index (χ1v) is 10.1. The van der Waals surface area contributed by atoms with Gasteiger partial charge in [-0.25, -0.2) is 4.79 Å². The van der Waals surface area contributed by atoms with Crippen LogP contribution in [-0.2, 0) is 14.4 Å². The van der Waals surface area contributed by atoms with E-state index in [0.717, 1.165) is 32.1 Å². The number of carboxylic acid groups (broad SMARTS) is 1. The molecule has 0 heterocycles. The number of amides is 4. The first-order valence-electron chi connectivity index (χ1n) is 10.1. The zero-order valence-corrected chi connectivity index (χ0v) is 16.6. The van der Waals surface area contributed by atoms with Crippen molar-refractivity contribution in [3.63, 3.8) is 0 Å². The predicted molar refractivity (Wildman–Crippen MR) is 102 cm³/mol. The summed E-state index contributed by atoms with van der Waals surface area (Å²) in [6.07, 6.45) is 2.68. The van der Waals surface area contributed by atoms with Crippen LogP contribution in [0.2, 0.25) is 0 Å². The van der Waals surface area contributed by atoms with E-state index >= 15 is 0 Å². The van der Waals surface area contributed by atoms with Gasteiger partial charge in [-0.15, -0.1) is 0 Å². The van der Waals surface area contributed by atoms with Crippen LogP contribution in [0.5, 0.6) is 0 Å². The number of carbonyl (C=O) groups excluding carboxylic acids is 4. The third-order valence-electron chi connectivity index (χ3n) is 5.39. The first kappa shape index (κ1) is 23.6. The van der Waals surface area contributed by atoms with Gasteiger partial charge in [0.2, 0.25) is 11.8 Å². The fraction of sp³-hybridized carbons (Fsp3) is 0.684. The molecule has 0 aliphatic heterocycles. The van der Waals surface area contributed by atoms with Crippen LogP contribution in [0.3, 0.4) is 0 Å². The van der Waals surface area contributed by atoms with Gasteiger partial charge in [0.05, 0.1) is 12.1 Å². The summed E-state index contributed by atoms with van der Waals surface area (Å²) in [5.74, 6) is -3.05. The topological polar surface area (TPSA) is 194 Å². The smallest absolute Gasteiger partial charge is 0.315 e. The minimum Gasteiger partial charge on any atom is -0.550 e. The van der Waals surface area contributed by atoms with E-state index in [4.69, 9.17) is 5.73 Å². The number of aliphatic hydroxyl groups excluding tert-OH is 2. The molecule has 1 saturated carbocycles. The number of nitrogens with one attached hydrogen (secondary N) is 3. The van der Waals surface area contributed by atoms with Gasteiger partial charge in [0, 0.05) is 24.0 Å². The Morgan fingerprint density at radius 2 is 1.80 bits per heavy atom. The van der Waals surface area contributed by atoms with Gasteiger partial charge >= 0.3 is 6.03 Å². The van der Waals surface area contributed by atoms with Crippen LogP contribution < -0.4 is 26.8 Å². The lowest BCUT2D eigenvalue weighted by atomic mass is 9.89. The number of urea groups is 1. The van der Waals surface area contributed by atoms with Crippen molar-refractivity contribution >= 4 is 23.8 Å². The molecule has 2 aliphatic rings. The van der Waals surface area contributed by atoms with Crippen molar-refractivity contribution in [1.29, 1.82) is 0 Å². The molecular formula is C19H29N4O7-. The molecule has 30 heavy (non-hydrogen) atoms.